The molecule has 0 unspecified atom stereocenters. The standard InChI is InChI=1S/C15H20BrN5/c1-10(2)6-7-17-14-9-18-21-15(20-14)19-12-4-5-13(16)11(3)8-12/h4-5,8-10H,6-7H2,1-3H3,(H2,17,19,20,21). The zero-order chi connectivity index (χ0) is 15.2. The second kappa shape index (κ2) is 7.36. The van der Waals surface area contributed by atoms with Crippen molar-refractivity contribution in [2.75, 3.05) is 17.2 Å². The summed E-state index contributed by atoms with van der Waals surface area (Å²) in [6.45, 7) is 7.32. The fraction of sp³-hybridized carbons (Fsp3) is 0.400. The Morgan fingerprint density at radius 3 is 2.81 bits per heavy atom. The summed E-state index contributed by atoms with van der Waals surface area (Å²) in [4.78, 5) is 4.41. The Morgan fingerprint density at radius 1 is 1.29 bits per heavy atom. The minimum atomic E-state index is 0.492. The molecular formula is C15H20BrN5. The fourth-order valence-corrected chi connectivity index (χ4v) is 2.03. The molecule has 0 saturated carbocycles. The molecule has 1 aromatic heterocycles. The zero-order valence-corrected chi connectivity index (χ0v) is 14.1. The van der Waals surface area contributed by atoms with Gasteiger partial charge in [-0.25, -0.2) is 0 Å². The van der Waals surface area contributed by atoms with Crippen LogP contribution < -0.4 is 10.6 Å². The van der Waals surface area contributed by atoms with E-state index in [9.17, 15) is 0 Å². The van der Waals surface area contributed by atoms with Gasteiger partial charge < -0.3 is 10.6 Å². The van der Waals surface area contributed by atoms with Gasteiger partial charge in [0.25, 0.3) is 0 Å². The van der Waals surface area contributed by atoms with Crippen LogP contribution in [0.3, 0.4) is 0 Å². The summed E-state index contributed by atoms with van der Waals surface area (Å²) in [6, 6.07) is 6.00. The average Bonchev–Trinajstić information content (AvgIpc) is 2.43. The third kappa shape index (κ3) is 4.97. The summed E-state index contributed by atoms with van der Waals surface area (Å²) >= 11 is 3.49. The van der Waals surface area contributed by atoms with Gasteiger partial charge in [0.15, 0.2) is 5.82 Å². The maximum Gasteiger partial charge on any atom is 0.249 e. The van der Waals surface area contributed by atoms with E-state index >= 15 is 0 Å². The summed E-state index contributed by atoms with van der Waals surface area (Å²) in [7, 11) is 0. The van der Waals surface area contributed by atoms with Crippen LogP contribution in [0.4, 0.5) is 17.5 Å². The Hall–Kier alpha value is -1.69. The van der Waals surface area contributed by atoms with E-state index < -0.39 is 0 Å². The van der Waals surface area contributed by atoms with Crippen LogP contribution in [0, 0.1) is 12.8 Å². The van der Waals surface area contributed by atoms with Gasteiger partial charge >= 0.3 is 0 Å². The number of rotatable bonds is 6. The predicted octanol–water partition coefficient (Wildman–Crippen LogP) is 4.14. The summed E-state index contributed by atoms with van der Waals surface area (Å²) in [5.74, 6) is 1.89. The molecule has 6 heteroatoms. The molecule has 0 aliphatic heterocycles. The van der Waals surface area contributed by atoms with Gasteiger partial charge in [0.1, 0.15) is 0 Å². The van der Waals surface area contributed by atoms with Crippen LogP contribution in [-0.4, -0.2) is 21.7 Å². The van der Waals surface area contributed by atoms with Gasteiger partial charge in [-0.2, -0.15) is 10.1 Å². The minimum Gasteiger partial charge on any atom is -0.369 e. The van der Waals surface area contributed by atoms with Gasteiger partial charge in [-0.3, -0.25) is 0 Å². The molecule has 5 nitrogen and oxygen atoms in total. The van der Waals surface area contributed by atoms with Gasteiger partial charge in [0.05, 0.1) is 6.20 Å². The number of aryl methyl sites for hydroxylation is 1. The van der Waals surface area contributed by atoms with Crippen LogP contribution in [-0.2, 0) is 0 Å². The molecule has 1 heterocycles. The molecule has 0 saturated heterocycles. The van der Waals surface area contributed by atoms with E-state index in [4.69, 9.17) is 0 Å². The Kier molecular flexibility index (Phi) is 5.50. The van der Waals surface area contributed by atoms with Crippen LogP contribution >= 0.6 is 15.9 Å². The highest BCUT2D eigenvalue weighted by molar-refractivity contribution is 9.10. The highest BCUT2D eigenvalue weighted by Crippen LogP contribution is 2.21. The van der Waals surface area contributed by atoms with Gasteiger partial charge in [-0.1, -0.05) is 29.8 Å². The average molecular weight is 350 g/mol. The lowest BCUT2D eigenvalue weighted by molar-refractivity contribution is 0.606. The molecule has 0 fully saturated rings. The largest absolute Gasteiger partial charge is 0.369 e. The smallest absolute Gasteiger partial charge is 0.249 e. The van der Waals surface area contributed by atoms with Crippen LogP contribution in [0.25, 0.3) is 0 Å². The lowest BCUT2D eigenvalue weighted by Crippen LogP contribution is -2.08. The summed E-state index contributed by atoms with van der Waals surface area (Å²) in [5.41, 5.74) is 2.09. The maximum atomic E-state index is 4.41. The monoisotopic (exact) mass is 349 g/mol. The molecule has 2 aromatic rings. The number of aromatic nitrogens is 3. The van der Waals surface area contributed by atoms with Crippen molar-refractivity contribution in [2.24, 2.45) is 5.92 Å². The van der Waals surface area contributed by atoms with Gasteiger partial charge in [-0.05, 0) is 43.0 Å². The number of halogens is 1. The molecule has 2 N–H and O–H groups in total. The zero-order valence-electron chi connectivity index (χ0n) is 12.5. The van der Waals surface area contributed by atoms with Crippen molar-refractivity contribution in [3.05, 3.63) is 34.4 Å². The van der Waals surface area contributed by atoms with E-state index in [-0.39, 0.29) is 0 Å². The van der Waals surface area contributed by atoms with E-state index in [1.54, 1.807) is 6.20 Å². The van der Waals surface area contributed by atoms with Crippen molar-refractivity contribution in [2.45, 2.75) is 27.2 Å². The normalized spacial score (nSPS) is 10.7. The van der Waals surface area contributed by atoms with Crippen molar-refractivity contribution in [1.82, 2.24) is 15.2 Å². The van der Waals surface area contributed by atoms with Crippen molar-refractivity contribution in [3.8, 4) is 0 Å². The Labute approximate surface area is 133 Å². The molecule has 0 radical (unpaired) electrons. The van der Waals surface area contributed by atoms with Crippen molar-refractivity contribution in [1.29, 1.82) is 0 Å². The number of anilines is 3. The first-order valence-electron chi connectivity index (χ1n) is 7.01. The van der Waals surface area contributed by atoms with E-state index in [1.807, 2.05) is 25.1 Å². The first-order valence-corrected chi connectivity index (χ1v) is 7.80. The van der Waals surface area contributed by atoms with E-state index in [1.165, 1.54) is 0 Å². The summed E-state index contributed by atoms with van der Waals surface area (Å²) in [5, 5.41) is 14.4. The van der Waals surface area contributed by atoms with Crippen LogP contribution in [0.2, 0.25) is 0 Å². The van der Waals surface area contributed by atoms with Gasteiger partial charge in [0.2, 0.25) is 5.95 Å². The number of hydrogen-bond donors (Lipinski definition) is 2. The number of nitrogens with zero attached hydrogens (tertiary/aromatic N) is 3. The highest BCUT2D eigenvalue weighted by Gasteiger charge is 2.03. The first kappa shape index (κ1) is 15.7. The molecule has 0 bridgehead atoms. The van der Waals surface area contributed by atoms with Crippen LogP contribution in [0.1, 0.15) is 25.8 Å². The Bertz CT molecular complexity index is 600. The second-order valence-electron chi connectivity index (χ2n) is 5.36. The van der Waals surface area contributed by atoms with Crippen LogP contribution in [0.15, 0.2) is 28.9 Å². The second-order valence-corrected chi connectivity index (χ2v) is 6.22. The van der Waals surface area contributed by atoms with E-state index in [2.05, 4.69) is 55.6 Å². The third-order valence-corrected chi connectivity index (χ3v) is 3.89. The highest BCUT2D eigenvalue weighted by atomic mass is 79.9. The third-order valence-electron chi connectivity index (χ3n) is 3.00. The molecule has 0 aliphatic carbocycles. The van der Waals surface area contributed by atoms with Gasteiger partial charge in [-0.15, -0.1) is 5.10 Å². The molecule has 112 valence electrons. The number of benzene rings is 1. The summed E-state index contributed by atoms with van der Waals surface area (Å²) in [6.07, 6.45) is 2.73. The number of hydrogen-bond acceptors (Lipinski definition) is 5. The topological polar surface area (TPSA) is 62.7 Å². The lowest BCUT2D eigenvalue weighted by atomic mass is 10.1. The maximum absolute atomic E-state index is 4.41. The fourth-order valence-electron chi connectivity index (χ4n) is 1.78. The van der Waals surface area contributed by atoms with Crippen molar-refractivity contribution in [3.63, 3.8) is 0 Å². The van der Waals surface area contributed by atoms with Gasteiger partial charge in [0, 0.05) is 16.7 Å². The number of nitrogens with one attached hydrogen (secondary N) is 2. The van der Waals surface area contributed by atoms with Crippen molar-refractivity contribution >= 4 is 33.4 Å². The molecule has 0 amide bonds. The van der Waals surface area contributed by atoms with E-state index in [0.717, 1.165) is 34.5 Å². The quantitative estimate of drug-likeness (QED) is 0.820. The van der Waals surface area contributed by atoms with Crippen LogP contribution in [0.5, 0.6) is 0 Å². The predicted molar refractivity (Wildman–Crippen MR) is 89.9 cm³/mol. The molecule has 0 spiro atoms. The first-order chi connectivity index (χ1) is 10.0. The molecule has 1 aromatic carbocycles. The Morgan fingerprint density at radius 2 is 2.10 bits per heavy atom. The molecule has 2 rings (SSSR count). The minimum absolute atomic E-state index is 0.492. The lowest BCUT2D eigenvalue weighted by Gasteiger charge is -2.09. The molecule has 21 heavy (non-hydrogen) atoms. The molecular weight excluding hydrogens is 330 g/mol. The van der Waals surface area contributed by atoms with E-state index in [0.29, 0.717) is 11.9 Å². The molecule has 0 atom stereocenters. The summed E-state index contributed by atoms with van der Waals surface area (Å²) < 4.78 is 1.08. The van der Waals surface area contributed by atoms with Crippen molar-refractivity contribution < 1.29 is 0 Å². The SMILES string of the molecule is Cc1cc(Nc2nncc(NCCC(C)C)n2)ccc1Br. The molecule has 0 aliphatic rings. The Balaban J connectivity index is 2.01.